The molecule has 0 amide bonds. The van der Waals surface area contributed by atoms with E-state index >= 15 is 0 Å². The van der Waals surface area contributed by atoms with E-state index in [1.807, 2.05) is 0 Å². The Hall–Kier alpha value is -0.820. The number of benzene rings is 1. The molecule has 0 spiro atoms. The Morgan fingerprint density at radius 2 is 2.00 bits per heavy atom. The van der Waals surface area contributed by atoms with Crippen LogP contribution >= 0.6 is 0 Å². The monoisotopic (exact) mass is 175 g/mol. The minimum absolute atomic E-state index is 0.680. The van der Waals surface area contributed by atoms with E-state index in [2.05, 4.69) is 42.6 Å². The van der Waals surface area contributed by atoms with Gasteiger partial charge in [-0.3, -0.25) is 0 Å². The van der Waals surface area contributed by atoms with Crippen LogP contribution in [0.15, 0.2) is 30.3 Å². The molecule has 1 fully saturated rings. The van der Waals surface area contributed by atoms with Gasteiger partial charge in [0.05, 0.1) is 0 Å². The molecule has 0 radical (unpaired) electrons. The van der Waals surface area contributed by atoms with Gasteiger partial charge in [0, 0.05) is 6.04 Å². The number of hydrogen-bond acceptors (Lipinski definition) is 1. The van der Waals surface area contributed by atoms with Gasteiger partial charge in [-0.15, -0.1) is 0 Å². The molecule has 1 aliphatic heterocycles. The van der Waals surface area contributed by atoms with Crippen LogP contribution in [0.4, 0.5) is 0 Å². The first-order valence-electron chi connectivity index (χ1n) is 5.14. The minimum Gasteiger partial charge on any atom is -0.314 e. The van der Waals surface area contributed by atoms with E-state index in [-0.39, 0.29) is 0 Å². The van der Waals surface area contributed by atoms with E-state index in [1.54, 1.807) is 0 Å². The van der Waals surface area contributed by atoms with Crippen LogP contribution in [-0.2, 0) is 0 Å². The Labute approximate surface area is 80.2 Å². The molecule has 2 rings (SSSR count). The lowest BCUT2D eigenvalue weighted by Gasteiger charge is -2.28. The lowest BCUT2D eigenvalue weighted by Crippen LogP contribution is -2.34. The van der Waals surface area contributed by atoms with Crippen molar-refractivity contribution in [1.82, 2.24) is 5.32 Å². The molecule has 1 N–H and O–H groups in total. The van der Waals surface area contributed by atoms with Crippen molar-refractivity contribution < 1.29 is 0 Å². The predicted molar refractivity (Wildman–Crippen MR) is 55.9 cm³/mol. The van der Waals surface area contributed by atoms with Crippen molar-refractivity contribution in [3.05, 3.63) is 35.9 Å². The van der Waals surface area contributed by atoms with Crippen molar-refractivity contribution in [2.24, 2.45) is 0 Å². The van der Waals surface area contributed by atoms with Gasteiger partial charge in [0.2, 0.25) is 0 Å². The first-order chi connectivity index (χ1) is 6.36. The van der Waals surface area contributed by atoms with Gasteiger partial charge < -0.3 is 5.32 Å². The molecule has 2 atom stereocenters. The molecule has 0 aliphatic carbocycles. The van der Waals surface area contributed by atoms with E-state index in [4.69, 9.17) is 0 Å². The summed E-state index contributed by atoms with van der Waals surface area (Å²) < 4.78 is 0. The van der Waals surface area contributed by atoms with Crippen molar-refractivity contribution in [3.63, 3.8) is 0 Å². The van der Waals surface area contributed by atoms with Crippen LogP contribution in [-0.4, -0.2) is 12.6 Å². The number of hydrogen-bond donors (Lipinski definition) is 1. The van der Waals surface area contributed by atoms with Gasteiger partial charge in [-0.2, -0.15) is 0 Å². The number of nitrogens with one attached hydrogen (secondary N) is 1. The maximum absolute atomic E-state index is 3.48. The summed E-state index contributed by atoms with van der Waals surface area (Å²) in [5.74, 6) is 0.775. The summed E-state index contributed by atoms with van der Waals surface area (Å²) in [7, 11) is 0. The lowest BCUT2D eigenvalue weighted by molar-refractivity contribution is 0.381. The lowest BCUT2D eigenvalue weighted by atomic mass is 9.87. The summed E-state index contributed by atoms with van der Waals surface area (Å²) >= 11 is 0. The fourth-order valence-electron chi connectivity index (χ4n) is 2.16. The van der Waals surface area contributed by atoms with Crippen LogP contribution in [0.5, 0.6) is 0 Å². The molecule has 13 heavy (non-hydrogen) atoms. The van der Waals surface area contributed by atoms with Gasteiger partial charge in [-0.25, -0.2) is 0 Å². The molecule has 1 aromatic carbocycles. The van der Waals surface area contributed by atoms with E-state index in [0.29, 0.717) is 6.04 Å². The fraction of sp³-hybridized carbons (Fsp3) is 0.500. The predicted octanol–water partition coefficient (Wildman–Crippen LogP) is 2.54. The topological polar surface area (TPSA) is 12.0 Å². The van der Waals surface area contributed by atoms with Gasteiger partial charge in [-0.1, -0.05) is 30.3 Å². The third kappa shape index (κ3) is 2.10. The van der Waals surface area contributed by atoms with Gasteiger partial charge in [0.1, 0.15) is 0 Å². The molecular weight excluding hydrogens is 158 g/mol. The van der Waals surface area contributed by atoms with E-state index in [0.717, 1.165) is 5.92 Å². The van der Waals surface area contributed by atoms with Crippen molar-refractivity contribution in [2.45, 2.75) is 31.7 Å². The average Bonchev–Trinajstić information content (AvgIpc) is 2.19. The fourth-order valence-corrected chi connectivity index (χ4v) is 2.16. The zero-order valence-corrected chi connectivity index (χ0v) is 8.16. The first-order valence-corrected chi connectivity index (χ1v) is 5.14. The highest BCUT2D eigenvalue weighted by molar-refractivity contribution is 5.20. The second-order valence-corrected chi connectivity index (χ2v) is 3.99. The van der Waals surface area contributed by atoms with E-state index in [9.17, 15) is 0 Å². The minimum atomic E-state index is 0.680. The SMILES string of the molecule is C[C@H]1C[C@H](c2ccccc2)CCN1. The van der Waals surface area contributed by atoms with Gasteiger partial charge in [0.15, 0.2) is 0 Å². The maximum Gasteiger partial charge on any atom is 0.00445 e. The van der Waals surface area contributed by atoms with Crippen molar-refractivity contribution >= 4 is 0 Å². The Bertz CT molecular complexity index is 255. The molecule has 1 nitrogen and oxygen atoms in total. The molecule has 1 saturated heterocycles. The van der Waals surface area contributed by atoms with Crippen LogP contribution in [0.2, 0.25) is 0 Å². The van der Waals surface area contributed by atoms with Gasteiger partial charge in [-0.05, 0) is 37.8 Å². The second-order valence-electron chi connectivity index (χ2n) is 3.99. The standard InChI is InChI=1S/C12H17N/c1-10-9-12(7-8-13-10)11-5-3-2-4-6-11/h2-6,10,12-13H,7-9H2,1H3/t10-,12+/m0/s1. The molecule has 0 aromatic heterocycles. The third-order valence-electron chi connectivity index (χ3n) is 2.89. The second kappa shape index (κ2) is 3.93. The van der Waals surface area contributed by atoms with Gasteiger partial charge in [0.25, 0.3) is 0 Å². The Balaban J connectivity index is 2.08. The van der Waals surface area contributed by atoms with Crippen molar-refractivity contribution in [3.8, 4) is 0 Å². The average molecular weight is 175 g/mol. The summed E-state index contributed by atoms with van der Waals surface area (Å²) in [5.41, 5.74) is 1.51. The van der Waals surface area contributed by atoms with Crippen molar-refractivity contribution in [1.29, 1.82) is 0 Å². The van der Waals surface area contributed by atoms with E-state index in [1.165, 1.54) is 24.9 Å². The maximum atomic E-state index is 3.48. The van der Waals surface area contributed by atoms with Crippen molar-refractivity contribution in [2.75, 3.05) is 6.54 Å². The Kier molecular flexibility index (Phi) is 2.65. The Morgan fingerprint density at radius 3 is 2.69 bits per heavy atom. The molecule has 0 bridgehead atoms. The van der Waals surface area contributed by atoms with E-state index < -0.39 is 0 Å². The zero-order valence-electron chi connectivity index (χ0n) is 8.16. The van der Waals surface area contributed by atoms with Crippen LogP contribution in [0, 0.1) is 0 Å². The van der Waals surface area contributed by atoms with Gasteiger partial charge >= 0.3 is 0 Å². The molecular formula is C12H17N. The number of piperidine rings is 1. The normalized spacial score (nSPS) is 28.7. The quantitative estimate of drug-likeness (QED) is 0.691. The largest absolute Gasteiger partial charge is 0.314 e. The molecule has 1 heterocycles. The highest BCUT2D eigenvalue weighted by Crippen LogP contribution is 2.26. The smallest absolute Gasteiger partial charge is 0.00445 e. The summed E-state index contributed by atoms with van der Waals surface area (Å²) in [4.78, 5) is 0. The Morgan fingerprint density at radius 1 is 1.23 bits per heavy atom. The molecule has 0 unspecified atom stereocenters. The zero-order chi connectivity index (χ0) is 9.10. The van der Waals surface area contributed by atoms with Crippen LogP contribution < -0.4 is 5.32 Å². The summed E-state index contributed by atoms with van der Waals surface area (Å²) in [6, 6.07) is 11.6. The molecule has 1 heteroatoms. The number of rotatable bonds is 1. The van der Waals surface area contributed by atoms with Crippen LogP contribution in [0.25, 0.3) is 0 Å². The summed E-state index contributed by atoms with van der Waals surface area (Å²) in [5, 5.41) is 3.48. The molecule has 0 saturated carbocycles. The molecule has 70 valence electrons. The van der Waals surface area contributed by atoms with Crippen LogP contribution in [0.1, 0.15) is 31.2 Å². The highest BCUT2D eigenvalue weighted by atomic mass is 14.9. The first kappa shape index (κ1) is 8.76. The summed E-state index contributed by atoms with van der Waals surface area (Å²) in [6.07, 6.45) is 2.57. The molecule has 1 aliphatic rings. The van der Waals surface area contributed by atoms with Crippen LogP contribution in [0.3, 0.4) is 0 Å². The third-order valence-corrected chi connectivity index (χ3v) is 2.89. The highest BCUT2D eigenvalue weighted by Gasteiger charge is 2.18. The summed E-state index contributed by atoms with van der Waals surface area (Å²) in [6.45, 7) is 3.44. The molecule has 1 aromatic rings.